The summed E-state index contributed by atoms with van der Waals surface area (Å²) in [5.74, 6) is 0. The van der Waals surface area contributed by atoms with Crippen LogP contribution in [0.5, 0.6) is 0 Å². The Bertz CT molecular complexity index is 428. The minimum absolute atomic E-state index is 0.00278. The molecule has 0 aromatic heterocycles. The van der Waals surface area contributed by atoms with Gasteiger partial charge in [0.15, 0.2) is 6.29 Å². The average molecular weight is 337 g/mol. The fourth-order valence-electron chi connectivity index (χ4n) is 2.68. The van der Waals surface area contributed by atoms with E-state index in [9.17, 15) is 5.11 Å². The monoisotopic (exact) mass is 336 g/mol. The number of ether oxygens (including phenoxy) is 2. The van der Waals surface area contributed by atoms with E-state index < -0.39 is 0 Å². The van der Waals surface area contributed by atoms with Gasteiger partial charge in [-0.15, -0.1) is 0 Å². The zero-order valence-electron chi connectivity index (χ0n) is 16.0. The van der Waals surface area contributed by atoms with Crippen LogP contribution in [-0.2, 0) is 9.47 Å². The topological polar surface area (TPSA) is 38.7 Å². The van der Waals surface area contributed by atoms with Crippen LogP contribution >= 0.6 is 0 Å². The Labute approximate surface area is 148 Å². The van der Waals surface area contributed by atoms with Crippen LogP contribution < -0.4 is 0 Å². The molecule has 0 bridgehead atoms. The van der Waals surface area contributed by atoms with Gasteiger partial charge in [-0.2, -0.15) is 0 Å². The minimum atomic E-state index is -0.306. The summed E-state index contributed by atoms with van der Waals surface area (Å²) < 4.78 is 11.3. The van der Waals surface area contributed by atoms with E-state index >= 15 is 0 Å². The lowest BCUT2D eigenvalue weighted by Gasteiger charge is -2.22. The van der Waals surface area contributed by atoms with Crippen molar-refractivity contribution in [2.45, 2.75) is 85.0 Å². The van der Waals surface area contributed by atoms with E-state index in [4.69, 9.17) is 9.47 Å². The molecular formula is C21H36O3. The Kier molecular flexibility index (Phi) is 11.0. The standard InChI is InChI=1S/C21H36O3/c1-5-19(4)20(22)13-12-17(2)9-8-10-18(3)14-16-24-21-11-6-7-15-23-21/h5,9,14,20-22H,6-8,10-13,15-16H2,1-4H3/b17-9+,18-14+,19-5+. The minimum Gasteiger partial charge on any atom is -0.389 e. The molecular weight excluding hydrogens is 300 g/mol. The van der Waals surface area contributed by atoms with Crippen molar-refractivity contribution in [1.82, 2.24) is 0 Å². The lowest BCUT2D eigenvalue weighted by molar-refractivity contribution is -0.155. The third-order valence-corrected chi connectivity index (χ3v) is 4.68. The highest BCUT2D eigenvalue weighted by atomic mass is 16.7. The van der Waals surface area contributed by atoms with Gasteiger partial charge in [-0.1, -0.05) is 29.4 Å². The van der Waals surface area contributed by atoms with E-state index in [0.717, 1.165) is 50.7 Å². The lowest BCUT2D eigenvalue weighted by Crippen LogP contribution is -2.22. The normalized spacial score (nSPS) is 21.9. The van der Waals surface area contributed by atoms with Crippen molar-refractivity contribution in [3.05, 3.63) is 34.9 Å². The van der Waals surface area contributed by atoms with Crippen molar-refractivity contribution in [1.29, 1.82) is 0 Å². The fourth-order valence-corrected chi connectivity index (χ4v) is 2.68. The predicted molar refractivity (Wildman–Crippen MR) is 101 cm³/mol. The molecule has 1 rings (SSSR count). The van der Waals surface area contributed by atoms with E-state index in [1.165, 1.54) is 17.6 Å². The van der Waals surface area contributed by atoms with Gasteiger partial charge >= 0.3 is 0 Å². The van der Waals surface area contributed by atoms with Crippen LogP contribution in [0.3, 0.4) is 0 Å². The maximum Gasteiger partial charge on any atom is 0.157 e. The number of aliphatic hydroxyl groups is 1. The van der Waals surface area contributed by atoms with Gasteiger partial charge in [0.1, 0.15) is 0 Å². The fraction of sp³-hybridized carbons (Fsp3) is 0.714. The summed E-state index contributed by atoms with van der Waals surface area (Å²) >= 11 is 0. The van der Waals surface area contributed by atoms with Crippen LogP contribution in [0.15, 0.2) is 34.9 Å². The quantitative estimate of drug-likeness (QED) is 0.549. The number of rotatable bonds is 10. The molecule has 2 unspecified atom stereocenters. The average Bonchev–Trinajstić information content (AvgIpc) is 2.59. The molecule has 2 atom stereocenters. The predicted octanol–water partition coefficient (Wildman–Crippen LogP) is 5.31. The zero-order chi connectivity index (χ0) is 17.8. The molecule has 0 saturated carbocycles. The molecule has 138 valence electrons. The van der Waals surface area contributed by atoms with Crippen LogP contribution in [-0.4, -0.2) is 30.7 Å². The molecule has 0 aromatic rings. The first-order valence-corrected chi connectivity index (χ1v) is 9.38. The van der Waals surface area contributed by atoms with Crippen LogP contribution in [0.25, 0.3) is 0 Å². The molecule has 1 aliphatic rings. The second-order valence-electron chi connectivity index (χ2n) is 6.86. The van der Waals surface area contributed by atoms with Crippen molar-refractivity contribution in [2.75, 3.05) is 13.2 Å². The summed E-state index contributed by atoms with van der Waals surface area (Å²) in [6, 6.07) is 0. The number of hydrogen-bond donors (Lipinski definition) is 1. The maximum absolute atomic E-state index is 9.96. The Morgan fingerprint density at radius 2 is 1.92 bits per heavy atom. The van der Waals surface area contributed by atoms with Crippen molar-refractivity contribution < 1.29 is 14.6 Å². The van der Waals surface area contributed by atoms with Crippen molar-refractivity contribution in [2.24, 2.45) is 0 Å². The summed E-state index contributed by atoms with van der Waals surface area (Å²) in [4.78, 5) is 0. The van der Waals surface area contributed by atoms with Crippen LogP contribution in [0.2, 0.25) is 0 Å². The highest BCUT2D eigenvalue weighted by molar-refractivity contribution is 5.07. The van der Waals surface area contributed by atoms with E-state index in [1.54, 1.807) is 0 Å². The Balaban J connectivity index is 2.17. The molecule has 0 aromatic carbocycles. The molecule has 1 fully saturated rings. The molecule has 0 amide bonds. The van der Waals surface area contributed by atoms with Crippen LogP contribution in [0.4, 0.5) is 0 Å². The van der Waals surface area contributed by atoms with Gasteiger partial charge in [-0.25, -0.2) is 0 Å². The second kappa shape index (κ2) is 12.5. The highest BCUT2D eigenvalue weighted by Crippen LogP contribution is 2.16. The molecule has 3 nitrogen and oxygen atoms in total. The molecule has 0 aliphatic carbocycles. The zero-order valence-corrected chi connectivity index (χ0v) is 16.0. The molecule has 24 heavy (non-hydrogen) atoms. The van der Waals surface area contributed by atoms with Crippen LogP contribution in [0.1, 0.15) is 72.6 Å². The second-order valence-corrected chi connectivity index (χ2v) is 6.86. The largest absolute Gasteiger partial charge is 0.389 e. The molecule has 1 N–H and O–H groups in total. The van der Waals surface area contributed by atoms with Gasteiger partial charge in [-0.3, -0.25) is 0 Å². The third kappa shape index (κ3) is 9.41. The van der Waals surface area contributed by atoms with Gasteiger partial charge in [0.05, 0.1) is 12.7 Å². The first-order chi connectivity index (χ1) is 11.5. The molecule has 1 heterocycles. The number of allylic oxidation sites excluding steroid dienone is 4. The van der Waals surface area contributed by atoms with Crippen molar-refractivity contribution in [3.63, 3.8) is 0 Å². The van der Waals surface area contributed by atoms with Crippen molar-refractivity contribution in [3.8, 4) is 0 Å². The third-order valence-electron chi connectivity index (χ3n) is 4.68. The van der Waals surface area contributed by atoms with Crippen LogP contribution in [0, 0.1) is 0 Å². The smallest absolute Gasteiger partial charge is 0.157 e. The molecule has 0 radical (unpaired) electrons. The Morgan fingerprint density at radius 3 is 2.58 bits per heavy atom. The molecule has 1 saturated heterocycles. The SMILES string of the molecule is C/C=C(\C)C(O)CC/C(C)=C/CC/C(C)=C/COC1CCCCO1. The van der Waals surface area contributed by atoms with E-state index in [2.05, 4.69) is 26.0 Å². The number of aliphatic hydroxyl groups excluding tert-OH is 1. The Morgan fingerprint density at radius 1 is 1.17 bits per heavy atom. The maximum atomic E-state index is 9.96. The van der Waals surface area contributed by atoms with Gasteiger partial charge < -0.3 is 14.6 Å². The first-order valence-electron chi connectivity index (χ1n) is 9.38. The lowest BCUT2D eigenvalue weighted by atomic mass is 10.0. The van der Waals surface area contributed by atoms with Crippen molar-refractivity contribution >= 4 is 0 Å². The summed E-state index contributed by atoms with van der Waals surface area (Å²) in [5, 5.41) is 9.96. The summed E-state index contributed by atoms with van der Waals surface area (Å²) in [7, 11) is 0. The molecule has 3 heteroatoms. The van der Waals surface area contributed by atoms with Gasteiger partial charge in [0.25, 0.3) is 0 Å². The first kappa shape index (κ1) is 21.1. The molecule has 1 aliphatic heterocycles. The van der Waals surface area contributed by atoms with E-state index in [1.807, 2.05) is 19.9 Å². The van der Waals surface area contributed by atoms with E-state index in [-0.39, 0.29) is 12.4 Å². The van der Waals surface area contributed by atoms with Gasteiger partial charge in [0.2, 0.25) is 0 Å². The van der Waals surface area contributed by atoms with Gasteiger partial charge in [-0.05, 0) is 78.2 Å². The molecule has 0 spiro atoms. The number of hydrogen-bond acceptors (Lipinski definition) is 3. The van der Waals surface area contributed by atoms with Gasteiger partial charge in [0, 0.05) is 6.61 Å². The Hall–Kier alpha value is -0.900. The summed E-state index contributed by atoms with van der Waals surface area (Å²) in [5.41, 5.74) is 3.78. The highest BCUT2D eigenvalue weighted by Gasteiger charge is 2.12. The summed E-state index contributed by atoms with van der Waals surface area (Å²) in [6.45, 7) is 9.75. The summed E-state index contributed by atoms with van der Waals surface area (Å²) in [6.07, 6.45) is 13.4. The van der Waals surface area contributed by atoms with E-state index in [0.29, 0.717) is 6.61 Å².